The van der Waals surface area contributed by atoms with Gasteiger partial charge in [0, 0.05) is 20.1 Å². The summed E-state index contributed by atoms with van der Waals surface area (Å²) in [6.07, 6.45) is 0. The molecule has 4 rings (SSSR count). The van der Waals surface area contributed by atoms with E-state index in [4.69, 9.17) is 4.42 Å². The van der Waals surface area contributed by atoms with Gasteiger partial charge < -0.3 is 15.3 Å². The normalized spacial score (nSPS) is 11.1. The molecule has 32 heavy (non-hydrogen) atoms. The van der Waals surface area contributed by atoms with Gasteiger partial charge in [-0.15, -0.1) is 0 Å². The first kappa shape index (κ1) is 27.9. The second-order valence-corrected chi connectivity index (χ2v) is 12.6. The van der Waals surface area contributed by atoms with Crippen LogP contribution in [0.2, 0.25) is 0 Å². The predicted octanol–water partition coefficient (Wildman–Crippen LogP) is 5.59. The number of aromatic carboxylic acids is 1. The molecule has 12 heteroatoms. The Kier molecular flexibility index (Phi) is 9.33. The van der Waals surface area contributed by atoms with E-state index < -0.39 is 5.97 Å². The molecule has 0 aliphatic carbocycles. The Hall–Kier alpha value is 1.28. The van der Waals surface area contributed by atoms with Crippen LogP contribution in [0.3, 0.4) is 0 Å². The minimum Gasteiger partial charge on any atom is -0.505 e. The molecule has 0 bridgehead atoms. The van der Waals surface area contributed by atoms with Crippen molar-refractivity contribution in [3.63, 3.8) is 0 Å². The Labute approximate surface area is 275 Å². The number of rotatable bonds is 2. The van der Waals surface area contributed by atoms with Crippen molar-refractivity contribution in [1.82, 2.24) is 0 Å². The first-order valence-corrected chi connectivity index (χ1v) is 14.1. The van der Waals surface area contributed by atoms with Crippen molar-refractivity contribution in [3.05, 3.63) is 53.1 Å². The minimum atomic E-state index is -1.08. The minimum absolute atomic E-state index is 0. The zero-order chi connectivity index (χ0) is 22.8. The molecule has 4 aromatic rings. The van der Waals surface area contributed by atoms with Gasteiger partial charge in [0.15, 0.2) is 18.6 Å². The maximum atomic E-state index is 12.2. The number of hydrogen-bond acceptors (Lipinski definition) is 3. The smallest absolute Gasteiger partial charge is 0.505 e. The Bertz CT molecular complexity index is 1390. The van der Waals surface area contributed by atoms with Gasteiger partial charge in [-0.25, -0.2) is 9.21 Å². The maximum absolute atomic E-state index is 12.2. The average Bonchev–Trinajstić information content (AvgIpc) is 2.70. The Morgan fingerprint density at radius 2 is 1.28 bits per heavy atom. The Morgan fingerprint density at radius 1 is 0.812 bits per heavy atom. The van der Waals surface area contributed by atoms with Crippen molar-refractivity contribution in [2.75, 3.05) is 0 Å². The zero-order valence-electron chi connectivity index (χ0n) is 15.7. The van der Waals surface area contributed by atoms with Crippen LogP contribution in [0.5, 0.6) is 11.5 Å². The molecule has 1 heterocycles. The van der Waals surface area contributed by atoms with E-state index in [1.807, 2.05) is 90.4 Å². The molecule has 0 aliphatic rings. The molecule has 0 aliphatic heterocycles. The summed E-state index contributed by atoms with van der Waals surface area (Å²) >= 11 is 15.0. The van der Waals surface area contributed by atoms with E-state index in [0.717, 1.165) is 0 Å². The standard InChI is InChI=1S/C20H6Br2I4O5.Na/c21-5-1-8(20(29)30)13(9(22)2-5)12-6-3-10(23)16(27)14(25)18(6)31-19-7(12)4-11(24)17(28)15(19)26;/h1-4H,(H2-,27,28,29,30);/q;+1/p+1. The number of halogens is 6. The van der Waals surface area contributed by atoms with Gasteiger partial charge in [-0.05, 0) is 115 Å². The van der Waals surface area contributed by atoms with Crippen LogP contribution >= 0.6 is 122 Å². The molecule has 5 nitrogen and oxygen atoms in total. The average molecular weight is 1020 g/mol. The first-order chi connectivity index (χ1) is 14.5. The van der Waals surface area contributed by atoms with Crippen molar-refractivity contribution in [2.24, 2.45) is 0 Å². The van der Waals surface area contributed by atoms with Gasteiger partial charge in [0.1, 0.15) is 0 Å². The molecular weight excluding hydrogens is 1010 g/mol. The number of carboxylic acid groups (broad SMARTS) is 1. The van der Waals surface area contributed by atoms with Crippen molar-refractivity contribution < 1.29 is 54.1 Å². The number of carboxylic acids is 1. The largest absolute Gasteiger partial charge is 1.00 e. The molecule has 3 N–H and O–H groups in total. The summed E-state index contributed by atoms with van der Waals surface area (Å²) in [4.78, 5) is 12.2. The maximum Gasteiger partial charge on any atom is 1.00 e. The second-order valence-electron chi connectivity index (χ2n) is 6.39. The topological polar surface area (TPSA) is 89.1 Å². The molecule has 0 amide bonds. The number of benzene rings is 3. The van der Waals surface area contributed by atoms with Crippen LogP contribution in [-0.4, -0.2) is 21.3 Å². The molecule has 0 atom stereocenters. The van der Waals surface area contributed by atoms with E-state index in [-0.39, 0.29) is 46.6 Å². The van der Waals surface area contributed by atoms with Gasteiger partial charge in [-0.2, -0.15) is 0 Å². The van der Waals surface area contributed by atoms with Crippen molar-refractivity contribution >= 4 is 150 Å². The quantitative estimate of drug-likeness (QED) is 0.106. The summed E-state index contributed by atoms with van der Waals surface area (Å²) in [6, 6.07) is 6.89. The van der Waals surface area contributed by atoms with Crippen LogP contribution in [0.1, 0.15) is 10.4 Å². The third-order valence-corrected chi connectivity index (χ3v) is 9.31. The molecule has 0 fully saturated rings. The van der Waals surface area contributed by atoms with Gasteiger partial charge in [-0.1, -0.05) is 31.9 Å². The molecule has 0 radical (unpaired) electrons. The van der Waals surface area contributed by atoms with Crippen molar-refractivity contribution in [1.29, 1.82) is 0 Å². The van der Waals surface area contributed by atoms with Crippen LogP contribution in [-0.2, 0) is 0 Å². The van der Waals surface area contributed by atoms with Crippen LogP contribution in [0.15, 0.2) is 37.6 Å². The molecule has 3 aromatic carbocycles. The summed E-state index contributed by atoms with van der Waals surface area (Å²) in [6.45, 7) is 0. The molecule has 0 unspecified atom stereocenters. The second kappa shape index (κ2) is 10.7. The van der Waals surface area contributed by atoms with Crippen LogP contribution in [0.4, 0.5) is 0 Å². The number of carbonyl (C=O) groups is 1. The SMILES string of the molecule is O=C(O)c1cc(Br)cc(Br)c1-c1c2cc(I)c(O)c(I)c2[o+]c2c(I)c(O)c(I)cc12.[Na+]. The third-order valence-electron chi connectivity index (χ3n) is 4.58. The predicted molar refractivity (Wildman–Crippen MR) is 160 cm³/mol. The van der Waals surface area contributed by atoms with Gasteiger partial charge in [0.2, 0.25) is 0 Å². The van der Waals surface area contributed by atoms with E-state index in [0.29, 0.717) is 56.3 Å². The van der Waals surface area contributed by atoms with Crippen LogP contribution in [0, 0.1) is 14.3 Å². The number of phenolic OH excluding ortho intramolecular Hbond substituents is 2. The van der Waals surface area contributed by atoms with E-state index in [9.17, 15) is 20.1 Å². The summed E-state index contributed by atoms with van der Waals surface area (Å²) in [5.74, 6) is -0.910. The van der Waals surface area contributed by atoms with Gasteiger partial charge in [0.25, 0.3) is 0 Å². The molecule has 0 saturated carbocycles. The van der Waals surface area contributed by atoms with Gasteiger partial charge in [0.05, 0.1) is 23.5 Å². The van der Waals surface area contributed by atoms with E-state index in [1.165, 1.54) is 0 Å². The van der Waals surface area contributed by atoms with Crippen molar-refractivity contribution in [3.8, 4) is 22.6 Å². The van der Waals surface area contributed by atoms with E-state index >= 15 is 0 Å². The molecule has 0 spiro atoms. The number of aromatic hydroxyl groups is 2. The summed E-state index contributed by atoms with van der Waals surface area (Å²) in [7, 11) is 0. The molecule has 158 valence electrons. The molecule has 0 saturated heterocycles. The molecular formula is C20H7Br2I4NaO5+2. The van der Waals surface area contributed by atoms with Crippen LogP contribution < -0.4 is 29.6 Å². The summed E-state index contributed by atoms with van der Waals surface area (Å²) < 4.78 is 9.63. The van der Waals surface area contributed by atoms with Gasteiger partial charge in [-0.3, -0.25) is 0 Å². The fraction of sp³-hybridized carbons (Fsp3) is 0. The Morgan fingerprint density at radius 3 is 1.72 bits per heavy atom. The first-order valence-electron chi connectivity index (χ1n) is 8.23. The van der Waals surface area contributed by atoms with E-state index in [1.54, 1.807) is 24.3 Å². The Balaban J connectivity index is 0.00000289. The fourth-order valence-corrected chi connectivity index (χ4v) is 8.27. The number of fused-ring (bicyclic) bond motifs is 2. The van der Waals surface area contributed by atoms with Gasteiger partial charge >= 0.3 is 46.7 Å². The monoisotopic (exact) mass is 1020 g/mol. The zero-order valence-corrected chi connectivity index (χ0v) is 29.5. The van der Waals surface area contributed by atoms with Crippen LogP contribution in [0.25, 0.3) is 33.1 Å². The summed E-state index contributed by atoms with van der Waals surface area (Å²) in [5.41, 5.74) is 2.04. The van der Waals surface area contributed by atoms with E-state index in [2.05, 4.69) is 31.9 Å². The number of hydrogen-bond donors (Lipinski definition) is 3. The summed E-state index contributed by atoms with van der Waals surface area (Å²) in [5, 5.41) is 32.3. The number of phenols is 2. The van der Waals surface area contributed by atoms with Crippen molar-refractivity contribution in [2.45, 2.75) is 0 Å². The third kappa shape index (κ3) is 4.80. The molecule has 1 aromatic heterocycles. The fourth-order valence-electron chi connectivity index (χ4n) is 3.27.